The summed E-state index contributed by atoms with van der Waals surface area (Å²) in [5.74, 6) is 2.89. The van der Waals surface area contributed by atoms with E-state index in [9.17, 15) is 5.11 Å². The standard InChI is InChI=1S/C33H39OP/c1-26(20-21-32-27(2)24-28(34)25-33(32,3)4)22-23-35(29-14-8-5-9-15-29,30-16-10-6-11-17-30)31-18-12-7-13-19-31/h5-23,27-28,34-35H,24-25H2,1-4H3/t27-,28-/m1/s1. The molecule has 3 aromatic carbocycles. The summed E-state index contributed by atoms with van der Waals surface area (Å²) in [7, 11) is -2.38. The first kappa shape index (κ1) is 25.4. The molecule has 0 saturated heterocycles. The van der Waals surface area contributed by atoms with Crippen LogP contribution in [-0.4, -0.2) is 11.2 Å². The minimum atomic E-state index is -2.38. The molecule has 0 aromatic heterocycles. The molecule has 2 heteroatoms. The van der Waals surface area contributed by atoms with Crippen molar-refractivity contribution in [1.29, 1.82) is 0 Å². The van der Waals surface area contributed by atoms with E-state index in [1.165, 1.54) is 27.1 Å². The van der Waals surface area contributed by atoms with Crippen LogP contribution in [-0.2, 0) is 0 Å². The Bertz CT molecular complexity index is 1090. The van der Waals surface area contributed by atoms with Crippen molar-refractivity contribution in [2.75, 3.05) is 0 Å². The quantitative estimate of drug-likeness (QED) is 0.299. The Morgan fingerprint density at radius 1 is 0.829 bits per heavy atom. The molecule has 1 fully saturated rings. The maximum atomic E-state index is 10.3. The molecule has 0 unspecified atom stereocenters. The van der Waals surface area contributed by atoms with E-state index in [2.05, 4.69) is 143 Å². The van der Waals surface area contributed by atoms with Crippen molar-refractivity contribution in [2.24, 2.45) is 11.3 Å². The summed E-state index contributed by atoms with van der Waals surface area (Å²) < 4.78 is 0. The van der Waals surface area contributed by atoms with Crippen LogP contribution in [0.1, 0.15) is 40.5 Å². The fourth-order valence-electron chi connectivity index (χ4n) is 5.81. The third-order valence-corrected chi connectivity index (χ3v) is 11.9. The predicted octanol–water partition coefficient (Wildman–Crippen LogP) is 6.92. The molecule has 1 aliphatic carbocycles. The van der Waals surface area contributed by atoms with E-state index in [0.717, 1.165) is 12.8 Å². The summed E-state index contributed by atoms with van der Waals surface area (Å²) in [6, 6.07) is 33.0. The van der Waals surface area contributed by atoms with E-state index in [1.54, 1.807) is 0 Å². The van der Waals surface area contributed by atoms with Gasteiger partial charge in [-0.25, -0.2) is 0 Å². The molecule has 1 N–H and O–H groups in total. The second kappa shape index (κ2) is 10.9. The van der Waals surface area contributed by atoms with E-state index >= 15 is 0 Å². The zero-order chi connectivity index (χ0) is 24.9. The van der Waals surface area contributed by atoms with Gasteiger partial charge in [0.25, 0.3) is 0 Å². The van der Waals surface area contributed by atoms with Crippen molar-refractivity contribution in [2.45, 2.75) is 46.6 Å². The van der Waals surface area contributed by atoms with Crippen LogP contribution in [0, 0.1) is 11.3 Å². The molecule has 1 aliphatic rings. The van der Waals surface area contributed by atoms with Gasteiger partial charge in [-0.15, -0.1) is 0 Å². The van der Waals surface area contributed by atoms with Gasteiger partial charge in [0, 0.05) is 0 Å². The van der Waals surface area contributed by atoms with Crippen molar-refractivity contribution in [1.82, 2.24) is 0 Å². The fraction of sp³-hybridized carbons (Fsp3) is 0.273. The second-order valence-electron chi connectivity index (χ2n) is 10.7. The topological polar surface area (TPSA) is 20.2 Å². The van der Waals surface area contributed by atoms with E-state index in [4.69, 9.17) is 0 Å². The molecule has 1 nitrogen and oxygen atoms in total. The molecule has 0 bridgehead atoms. The Labute approximate surface area is 212 Å². The van der Waals surface area contributed by atoms with Crippen LogP contribution in [0.25, 0.3) is 0 Å². The van der Waals surface area contributed by atoms with Gasteiger partial charge in [0.15, 0.2) is 0 Å². The molecule has 2 atom stereocenters. The molecule has 1 saturated carbocycles. The van der Waals surface area contributed by atoms with Gasteiger partial charge >= 0.3 is 212 Å². The zero-order valence-electron chi connectivity index (χ0n) is 21.5. The van der Waals surface area contributed by atoms with Crippen LogP contribution in [0.15, 0.2) is 126 Å². The van der Waals surface area contributed by atoms with Crippen LogP contribution in [0.5, 0.6) is 0 Å². The fourth-order valence-corrected chi connectivity index (χ4v) is 10.1. The molecule has 4 rings (SSSR count). The first-order valence-electron chi connectivity index (χ1n) is 12.8. The van der Waals surface area contributed by atoms with Crippen LogP contribution in [0.2, 0.25) is 0 Å². The number of hydrogen-bond acceptors (Lipinski definition) is 1. The SMILES string of the molecule is CC(C=C[PH](c1ccccc1)(c1ccccc1)c1ccccc1)=CC=C1[C@H](C)C[C@@H](O)CC1(C)C. The van der Waals surface area contributed by atoms with Crippen molar-refractivity contribution >= 4 is 23.2 Å². The molecular formula is C33H39OP. The van der Waals surface area contributed by atoms with Gasteiger partial charge < -0.3 is 0 Å². The van der Waals surface area contributed by atoms with Gasteiger partial charge in [-0.05, 0) is 0 Å². The van der Waals surface area contributed by atoms with Gasteiger partial charge in [-0.3, -0.25) is 0 Å². The number of rotatable bonds is 6. The number of aliphatic hydroxyl groups is 1. The molecule has 0 aliphatic heterocycles. The Hall–Kier alpha value is -2.73. The van der Waals surface area contributed by atoms with Gasteiger partial charge in [-0.2, -0.15) is 0 Å². The summed E-state index contributed by atoms with van der Waals surface area (Å²) >= 11 is 0. The normalized spacial score (nSPS) is 22.4. The molecular weight excluding hydrogens is 443 g/mol. The van der Waals surface area contributed by atoms with Gasteiger partial charge in [0.1, 0.15) is 0 Å². The summed E-state index contributed by atoms with van der Waals surface area (Å²) in [5, 5.41) is 14.4. The number of benzene rings is 3. The summed E-state index contributed by atoms with van der Waals surface area (Å²) in [4.78, 5) is 0. The van der Waals surface area contributed by atoms with Crippen molar-refractivity contribution in [3.63, 3.8) is 0 Å². The molecule has 182 valence electrons. The molecule has 0 heterocycles. The zero-order valence-corrected chi connectivity index (χ0v) is 22.5. The van der Waals surface area contributed by atoms with E-state index < -0.39 is 7.26 Å². The van der Waals surface area contributed by atoms with E-state index in [-0.39, 0.29) is 11.5 Å². The molecule has 0 radical (unpaired) electrons. The Morgan fingerprint density at radius 3 is 1.71 bits per heavy atom. The average molecular weight is 483 g/mol. The molecule has 3 aromatic rings. The first-order chi connectivity index (χ1) is 16.8. The average Bonchev–Trinajstić information content (AvgIpc) is 2.85. The maximum absolute atomic E-state index is 10.3. The van der Waals surface area contributed by atoms with Crippen LogP contribution < -0.4 is 15.9 Å². The number of aliphatic hydroxyl groups excluding tert-OH is 1. The van der Waals surface area contributed by atoms with E-state index in [0.29, 0.717) is 5.92 Å². The van der Waals surface area contributed by atoms with Crippen LogP contribution in [0.3, 0.4) is 0 Å². The number of hydrogen-bond donors (Lipinski definition) is 1. The van der Waals surface area contributed by atoms with Gasteiger partial charge in [0.05, 0.1) is 0 Å². The Balaban J connectivity index is 1.80. The van der Waals surface area contributed by atoms with Crippen molar-refractivity contribution < 1.29 is 5.11 Å². The summed E-state index contributed by atoms with van der Waals surface area (Å²) in [6.45, 7) is 8.96. The van der Waals surface area contributed by atoms with Crippen molar-refractivity contribution in [3.05, 3.63) is 126 Å². The van der Waals surface area contributed by atoms with Crippen LogP contribution >= 0.6 is 7.26 Å². The van der Waals surface area contributed by atoms with Gasteiger partial charge in [0.2, 0.25) is 0 Å². The van der Waals surface area contributed by atoms with Gasteiger partial charge in [-0.1, -0.05) is 0 Å². The predicted molar refractivity (Wildman–Crippen MR) is 156 cm³/mol. The van der Waals surface area contributed by atoms with E-state index in [1.807, 2.05) is 0 Å². The molecule has 0 amide bonds. The molecule has 35 heavy (non-hydrogen) atoms. The minimum absolute atomic E-state index is 0.0220. The Kier molecular flexibility index (Phi) is 7.90. The first-order valence-corrected chi connectivity index (χ1v) is 14.8. The summed E-state index contributed by atoms with van der Waals surface area (Å²) in [5.41, 5.74) is 2.70. The summed E-state index contributed by atoms with van der Waals surface area (Å²) in [6.07, 6.45) is 8.39. The second-order valence-corrected chi connectivity index (χ2v) is 14.3. The van der Waals surface area contributed by atoms with Crippen LogP contribution in [0.4, 0.5) is 0 Å². The monoisotopic (exact) mass is 482 g/mol. The molecule has 0 spiro atoms. The third-order valence-electron chi connectivity index (χ3n) is 7.49. The third kappa shape index (κ3) is 5.58. The Morgan fingerprint density at radius 2 is 1.29 bits per heavy atom. The number of allylic oxidation sites excluding steroid dienone is 5. The van der Waals surface area contributed by atoms with Crippen molar-refractivity contribution in [3.8, 4) is 0 Å².